The molecule has 2 N–H and O–H groups in total. The molecule has 0 amide bonds. The van der Waals surface area contributed by atoms with E-state index in [-0.39, 0.29) is 5.54 Å². The van der Waals surface area contributed by atoms with Gasteiger partial charge in [-0.1, -0.05) is 6.07 Å². The summed E-state index contributed by atoms with van der Waals surface area (Å²) >= 11 is 1.58. The number of nitrogens with one attached hydrogen (secondary N) is 1. The Hall–Kier alpha value is -0.380. The zero-order valence-electron chi connectivity index (χ0n) is 7.66. The van der Waals surface area contributed by atoms with Crippen LogP contribution in [0.15, 0.2) is 17.5 Å². The smallest absolute Gasteiger partial charge is 0.106 e. The third kappa shape index (κ3) is 1.86. The van der Waals surface area contributed by atoms with E-state index in [1.54, 1.807) is 11.3 Å². The average Bonchev–Trinajstić information content (AvgIpc) is 2.55. The molecule has 3 heteroatoms. The molecule has 12 heavy (non-hydrogen) atoms. The highest BCUT2D eigenvalue weighted by Gasteiger charge is 2.27. The van der Waals surface area contributed by atoms with Crippen molar-refractivity contribution in [1.82, 2.24) is 5.32 Å². The van der Waals surface area contributed by atoms with Crippen molar-refractivity contribution < 1.29 is 5.11 Å². The summed E-state index contributed by atoms with van der Waals surface area (Å²) in [5.41, 5.74) is -0.259. The van der Waals surface area contributed by atoms with E-state index in [0.29, 0.717) is 0 Å². The van der Waals surface area contributed by atoms with E-state index in [4.69, 9.17) is 0 Å². The van der Waals surface area contributed by atoms with Crippen LogP contribution in [-0.2, 0) is 0 Å². The molecule has 0 aliphatic rings. The normalized spacial score (nSPS) is 14.7. The Bertz CT molecular complexity index is 231. The number of likely N-dealkylation sites (N-methyl/N-ethyl adjacent to an activating group) is 1. The van der Waals surface area contributed by atoms with E-state index in [1.807, 2.05) is 38.4 Å². The molecule has 0 aliphatic carbocycles. The molecule has 1 heterocycles. The molecule has 0 unspecified atom stereocenters. The molecule has 0 radical (unpaired) electrons. The van der Waals surface area contributed by atoms with E-state index in [2.05, 4.69) is 5.32 Å². The molecule has 68 valence electrons. The number of rotatable bonds is 3. The van der Waals surface area contributed by atoms with Gasteiger partial charge < -0.3 is 10.4 Å². The predicted octanol–water partition coefficient (Wildman–Crippen LogP) is 1.78. The second-order valence-corrected chi connectivity index (χ2v) is 4.37. The summed E-state index contributed by atoms with van der Waals surface area (Å²) in [5.74, 6) is 0. The molecule has 0 saturated heterocycles. The van der Waals surface area contributed by atoms with Gasteiger partial charge in [-0.3, -0.25) is 0 Å². The Morgan fingerprint density at radius 3 is 2.67 bits per heavy atom. The number of aliphatic hydroxyl groups excluding tert-OH is 1. The Kier molecular flexibility index (Phi) is 2.88. The first-order valence-electron chi connectivity index (χ1n) is 3.98. The Balaban J connectivity index is 2.78. The molecular formula is C9H15NOS. The maximum absolute atomic E-state index is 9.89. The SMILES string of the molecule is CNC(C)(C)[C@H](O)c1cccs1. The van der Waals surface area contributed by atoms with Crippen LogP contribution in [0.25, 0.3) is 0 Å². The van der Waals surface area contributed by atoms with Crippen molar-refractivity contribution in [1.29, 1.82) is 0 Å². The summed E-state index contributed by atoms with van der Waals surface area (Å²) < 4.78 is 0. The third-order valence-corrected chi connectivity index (χ3v) is 3.07. The van der Waals surface area contributed by atoms with Crippen LogP contribution in [0.5, 0.6) is 0 Å². The second-order valence-electron chi connectivity index (χ2n) is 3.39. The van der Waals surface area contributed by atoms with Gasteiger partial charge >= 0.3 is 0 Å². The molecule has 0 aromatic carbocycles. The Morgan fingerprint density at radius 1 is 1.58 bits per heavy atom. The molecule has 0 bridgehead atoms. The van der Waals surface area contributed by atoms with Crippen molar-refractivity contribution in [2.45, 2.75) is 25.5 Å². The zero-order valence-corrected chi connectivity index (χ0v) is 8.48. The van der Waals surface area contributed by atoms with Gasteiger partial charge in [-0.25, -0.2) is 0 Å². The van der Waals surface area contributed by atoms with E-state index in [9.17, 15) is 5.11 Å². The van der Waals surface area contributed by atoms with Crippen molar-refractivity contribution >= 4 is 11.3 Å². The number of thiophene rings is 1. The number of hydrogen-bond acceptors (Lipinski definition) is 3. The van der Waals surface area contributed by atoms with Gasteiger partial charge in [0.25, 0.3) is 0 Å². The standard InChI is InChI=1S/C9H15NOS/c1-9(2,10-3)8(11)7-5-4-6-12-7/h4-6,8,10-11H,1-3H3/t8-/m1/s1. The fraction of sp³-hybridized carbons (Fsp3) is 0.556. The summed E-state index contributed by atoms with van der Waals surface area (Å²) in [4.78, 5) is 1.01. The molecule has 1 rings (SSSR count). The van der Waals surface area contributed by atoms with Gasteiger partial charge in [0.1, 0.15) is 6.10 Å². The Labute approximate surface area is 77.2 Å². The lowest BCUT2D eigenvalue weighted by Crippen LogP contribution is -2.42. The molecule has 0 aliphatic heterocycles. The van der Waals surface area contributed by atoms with Crippen molar-refractivity contribution in [2.24, 2.45) is 0 Å². The van der Waals surface area contributed by atoms with Gasteiger partial charge in [0.05, 0.1) is 0 Å². The van der Waals surface area contributed by atoms with E-state index >= 15 is 0 Å². The first kappa shape index (κ1) is 9.71. The first-order valence-corrected chi connectivity index (χ1v) is 4.86. The quantitative estimate of drug-likeness (QED) is 0.752. The fourth-order valence-corrected chi connectivity index (χ4v) is 1.83. The van der Waals surface area contributed by atoms with Crippen molar-refractivity contribution in [3.05, 3.63) is 22.4 Å². The minimum absolute atomic E-state index is 0.259. The molecule has 1 atom stereocenters. The molecule has 0 fully saturated rings. The van der Waals surface area contributed by atoms with Gasteiger partial charge in [0, 0.05) is 10.4 Å². The average molecular weight is 185 g/mol. The van der Waals surface area contributed by atoms with Crippen LogP contribution >= 0.6 is 11.3 Å². The van der Waals surface area contributed by atoms with E-state index in [0.717, 1.165) is 4.88 Å². The highest BCUT2D eigenvalue weighted by molar-refractivity contribution is 7.10. The van der Waals surface area contributed by atoms with E-state index < -0.39 is 6.10 Å². The monoisotopic (exact) mass is 185 g/mol. The summed E-state index contributed by atoms with van der Waals surface area (Å²) in [6.45, 7) is 3.97. The number of hydrogen-bond donors (Lipinski definition) is 2. The summed E-state index contributed by atoms with van der Waals surface area (Å²) in [7, 11) is 1.86. The molecule has 1 aromatic heterocycles. The van der Waals surface area contributed by atoms with Gasteiger partial charge in [-0.15, -0.1) is 11.3 Å². The van der Waals surface area contributed by atoms with Gasteiger partial charge in [-0.2, -0.15) is 0 Å². The van der Waals surface area contributed by atoms with Crippen LogP contribution in [0.3, 0.4) is 0 Å². The van der Waals surface area contributed by atoms with Gasteiger partial charge in [-0.05, 0) is 32.3 Å². The fourth-order valence-electron chi connectivity index (χ4n) is 0.939. The van der Waals surface area contributed by atoms with Crippen LogP contribution < -0.4 is 5.32 Å². The topological polar surface area (TPSA) is 32.3 Å². The molecule has 2 nitrogen and oxygen atoms in total. The lowest BCUT2D eigenvalue weighted by atomic mass is 9.96. The van der Waals surface area contributed by atoms with Crippen molar-refractivity contribution in [2.75, 3.05) is 7.05 Å². The van der Waals surface area contributed by atoms with Crippen LogP contribution in [0.4, 0.5) is 0 Å². The van der Waals surface area contributed by atoms with Gasteiger partial charge in [0.15, 0.2) is 0 Å². The van der Waals surface area contributed by atoms with Crippen LogP contribution in [0.1, 0.15) is 24.8 Å². The van der Waals surface area contributed by atoms with Crippen molar-refractivity contribution in [3.63, 3.8) is 0 Å². The molecule has 0 saturated carbocycles. The maximum Gasteiger partial charge on any atom is 0.106 e. The predicted molar refractivity (Wildman–Crippen MR) is 52.4 cm³/mol. The summed E-state index contributed by atoms with van der Waals surface area (Å²) in [6, 6.07) is 3.91. The third-order valence-electron chi connectivity index (χ3n) is 2.14. The van der Waals surface area contributed by atoms with Crippen LogP contribution in [0, 0.1) is 0 Å². The van der Waals surface area contributed by atoms with Crippen LogP contribution in [0.2, 0.25) is 0 Å². The van der Waals surface area contributed by atoms with E-state index in [1.165, 1.54) is 0 Å². The minimum atomic E-state index is -0.428. The molecule has 0 spiro atoms. The van der Waals surface area contributed by atoms with Gasteiger partial charge in [0.2, 0.25) is 0 Å². The molecule has 1 aromatic rings. The van der Waals surface area contributed by atoms with Crippen LogP contribution in [-0.4, -0.2) is 17.7 Å². The summed E-state index contributed by atoms with van der Waals surface area (Å²) in [6.07, 6.45) is -0.428. The Morgan fingerprint density at radius 2 is 2.25 bits per heavy atom. The number of aliphatic hydroxyl groups is 1. The maximum atomic E-state index is 9.89. The highest BCUT2D eigenvalue weighted by Crippen LogP contribution is 2.28. The lowest BCUT2D eigenvalue weighted by molar-refractivity contribution is 0.0886. The molecular weight excluding hydrogens is 170 g/mol. The second kappa shape index (κ2) is 3.56. The highest BCUT2D eigenvalue weighted by atomic mass is 32.1. The minimum Gasteiger partial charge on any atom is -0.386 e. The summed E-state index contributed by atoms with van der Waals surface area (Å²) in [5, 5.41) is 14.9. The largest absolute Gasteiger partial charge is 0.386 e. The first-order chi connectivity index (χ1) is 5.58. The van der Waals surface area contributed by atoms with Crippen molar-refractivity contribution in [3.8, 4) is 0 Å². The lowest BCUT2D eigenvalue weighted by Gasteiger charge is -2.29. The zero-order chi connectivity index (χ0) is 9.19.